The molecule has 1 N–H and O–H groups in total. The third-order valence-electron chi connectivity index (χ3n) is 3.94. The fourth-order valence-electron chi connectivity index (χ4n) is 2.47. The molecule has 7 heteroatoms. The Morgan fingerprint density at radius 2 is 1.89 bits per heavy atom. The average molecular weight is 382 g/mol. The summed E-state index contributed by atoms with van der Waals surface area (Å²) in [6, 6.07) is 13.5. The van der Waals surface area contributed by atoms with Gasteiger partial charge in [0.15, 0.2) is 18.3 Å². The molecule has 3 aromatic rings. The zero-order valence-corrected chi connectivity index (χ0v) is 15.3. The van der Waals surface area contributed by atoms with Crippen LogP contribution in [0.2, 0.25) is 0 Å². The molecule has 0 aliphatic heterocycles. The van der Waals surface area contributed by atoms with E-state index in [0.717, 1.165) is 5.56 Å². The maximum atomic E-state index is 13.8. The van der Waals surface area contributed by atoms with Gasteiger partial charge in [-0.3, -0.25) is 9.59 Å². The third-order valence-corrected chi connectivity index (χ3v) is 3.94. The normalized spacial score (nSPS) is 10.5. The molecule has 28 heavy (non-hydrogen) atoms. The first-order chi connectivity index (χ1) is 13.5. The van der Waals surface area contributed by atoms with Crippen molar-refractivity contribution in [3.8, 4) is 11.3 Å². The minimum Gasteiger partial charge on any atom is -0.456 e. The van der Waals surface area contributed by atoms with Crippen LogP contribution in [0.15, 0.2) is 59.1 Å². The van der Waals surface area contributed by atoms with Crippen LogP contribution in [0.1, 0.15) is 17.9 Å². The number of nitrogens with zero attached hydrogens (tertiary/aromatic N) is 1. The van der Waals surface area contributed by atoms with Gasteiger partial charge in [0, 0.05) is 12.1 Å². The van der Waals surface area contributed by atoms with Crippen molar-refractivity contribution < 1.29 is 23.1 Å². The monoisotopic (exact) mass is 382 g/mol. The minimum atomic E-state index is -0.551. The number of carbonyl (C=O) groups excluding carboxylic acids is 2. The number of oxazole rings is 1. The number of amides is 1. The van der Waals surface area contributed by atoms with Crippen molar-refractivity contribution >= 4 is 17.6 Å². The molecule has 0 saturated carbocycles. The number of carbonyl (C=O) groups is 2. The lowest BCUT2D eigenvalue weighted by Gasteiger charge is -2.06. The van der Waals surface area contributed by atoms with Crippen molar-refractivity contribution in [2.45, 2.75) is 19.8 Å². The quantitative estimate of drug-likeness (QED) is 0.627. The molecule has 0 atom stereocenters. The van der Waals surface area contributed by atoms with Crippen LogP contribution >= 0.6 is 0 Å². The number of ether oxygens (including phenoxy) is 1. The molecular weight excluding hydrogens is 363 g/mol. The highest BCUT2D eigenvalue weighted by Gasteiger charge is 2.13. The first-order valence-corrected chi connectivity index (χ1v) is 8.73. The number of anilines is 1. The number of aryl methyl sites for hydroxylation is 2. The second-order valence-electron chi connectivity index (χ2n) is 6.17. The number of rotatable bonds is 7. The molecule has 0 aliphatic carbocycles. The smallest absolute Gasteiger partial charge is 0.306 e. The lowest BCUT2D eigenvalue weighted by molar-refractivity contribution is -0.147. The second-order valence-corrected chi connectivity index (χ2v) is 6.17. The molecule has 0 bridgehead atoms. The molecule has 0 fully saturated rings. The van der Waals surface area contributed by atoms with Gasteiger partial charge < -0.3 is 14.5 Å². The summed E-state index contributed by atoms with van der Waals surface area (Å²) in [5.74, 6) is -0.803. The van der Waals surface area contributed by atoms with Crippen LogP contribution in [-0.4, -0.2) is 23.5 Å². The van der Waals surface area contributed by atoms with Crippen LogP contribution in [-0.2, 0) is 20.7 Å². The number of hydrogen-bond acceptors (Lipinski definition) is 5. The molecule has 2 aromatic carbocycles. The summed E-state index contributed by atoms with van der Waals surface area (Å²) >= 11 is 0. The fourth-order valence-corrected chi connectivity index (χ4v) is 2.47. The Balaban J connectivity index is 1.44. The van der Waals surface area contributed by atoms with Crippen molar-refractivity contribution in [3.05, 3.63) is 72.0 Å². The van der Waals surface area contributed by atoms with Crippen molar-refractivity contribution in [2.75, 3.05) is 11.9 Å². The first kappa shape index (κ1) is 19.3. The highest BCUT2D eigenvalue weighted by molar-refractivity contribution is 5.92. The summed E-state index contributed by atoms with van der Waals surface area (Å²) in [7, 11) is 0. The molecule has 0 saturated heterocycles. The van der Waals surface area contributed by atoms with Crippen LogP contribution in [0.4, 0.5) is 10.1 Å². The van der Waals surface area contributed by atoms with Crippen molar-refractivity contribution in [2.24, 2.45) is 0 Å². The molecule has 0 radical (unpaired) electrons. The minimum absolute atomic E-state index is 0.00492. The Bertz CT molecular complexity index is 967. The van der Waals surface area contributed by atoms with Gasteiger partial charge in [-0.15, -0.1) is 0 Å². The number of hydrogen-bond donors (Lipinski definition) is 1. The zero-order valence-electron chi connectivity index (χ0n) is 15.3. The van der Waals surface area contributed by atoms with E-state index in [0.29, 0.717) is 22.9 Å². The van der Waals surface area contributed by atoms with Gasteiger partial charge >= 0.3 is 5.97 Å². The van der Waals surface area contributed by atoms with E-state index in [2.05, 4.69) is 10.3 Å². The van der Waals surface area contributed by atoms with E-state index in [9.17, 15) is 14.0 Å². The molecule has 6 nitrogen and oxygen atoms in total. The predicted molar refractivity (Wildman–Crippen MR) is 101 cm³/mol. The van der Waals surface area contributed by atoms with Gasteiger partial charge in [-0.1, -0.05) is 29.8 Å². The number of benzene rings is 2. The average Bonchev–Trinajstić information content (AvgIpc) is 3.16. The van der Waals surface area contributed by atoms with E-state index in [1.165, 1.54) is 12.3 Å². The second kappa shape index (κ2) is 8.94. The SMILES string of the molecule is Cc1ccc(NC(=O)COC(=O)CCc2ncc(-c3ccccc3F)o2)cc1. The molecule has 0 spiro atoms. The zero-order chi connectivity index (χ0) is 19.9. The summed E-state index contributed by atoms with van der Waals surface area (Å²) in [5.41, 5.74) is 2.01. The van der Waals surface area contributed by atoms with E-state index < -0.39 is 17.7 Å². The topological polar surface area (TPSA) is 81.4 Å². The van der Waals surface area contributed by atoms with Crippen molar-refractivity contribution in [3.63, 3.8) is 0 Å². The molecule has 0 aliphatic rings. The highest BCUT2D eigenvalue weighted by atomic mass is 19.1. The summed E-state index contributed by atoms with van der Waals surface area (Å²) in [6.45, 7) is 1.57. The molecular formula is C21H19FN2O4. The molecule has 0 unspecified atom stereocenters. The van der Waals surface area contributed by atoms with Crippen LogP contribution in [0.5, 0.6) is 0 Å². The summed E-state index contributed by atoms with van der Waals surface area (Å²) in [4.78, 5) is 27.7. The number of nitrogens with one attached hydrogen (secondary N) is 1. The van der Waals surface area contributed by atoms with Gasteiger partial charge in [-0.05, 0) is 31.2 Å². The van der Waals surface area contributed by atoms with E-state index in [1.807, 2.05) is 19.1 Å². The number of halogens is 1. The molecule has 3 rings (SSSR count). The highest BCUT2D eigenvalue weighted by Crippen LogP contribution is 2.23. The fraction of sp³-hybridized carbons (Fsp3) is 0.190. The van der Waals surface area contributed by atoms with E-state index in [4.69, 9.17) is 9.15 Å². The molecule has 1 amide bonds. The Labute approximate surface area is 161 Å². The first-order valence-electron chi connectivity index (χ1n) is 8.73. The number of aromatic nitrogens is 1. The molecule has 144 valence electrons. The van der Waals surface area contributed by atoms with Gasteiger partial charge in [-0.2, -0.15) is 0 Å². The summed E-state index contributed by atoms with van der Waals surface area (Å²) in [5, 5.41) is 2.64. The maximum absolute atomic E-state index is 13.8. The van der Waals surface area contributed by atoms with Gasteiger partial charge in [0.05, 0.1) is 18.2 Å². The Morgan fingerprint density at radius 1 is 1.14 bits per heavy atom. The summed E-state index contributed by atoms with van der Waals surface area (Å²) < 4.78 is 24.2. The van der Waals surface area contributed by atoms with Crippen LogP contribution in [0, 0.1) is 12.7 Å². The van der Waals surface area contributed by atoms with Crippen molar-refractivity contribution in [1.82, 2.24) is 4.98 Å². The predicted octanol–water partition coefficient (Wildman–Crippen LogP) is 3.90. The lowest BCUT2D eigenvalue weighted by Crippen LogP contribution is -2.21. The lowest BCUT2D eigenvalue weighted by atomic mass is 10.2. The van der Waals surface area contributed by atoms with Crippen molar-refractivity contribution in [1.29, 1.82) is 0 Å². The maximum Gasteiger partial charge on any atom is 0.306 e. The van der Waals surface area contributed by atoms with Crippen LogP contribution < -0.4 is 5.32 Å². The molecule has 1 aromatic heterocycles. The van der Waals surface area contributed by atoms with Gasteiger partial charge in [-0.25, -0.2) is 9.37 Å². The van der Waals surface area contributed by atoms with E-state index in [1.54, 1.807) is 30.3 Å². The Hall–Kier alpha value is -3.48. The summed E-state index contributed by atoms with van der Waals surface area (Å²) in [6.07, 6.45) is 1.59. The van der Waals surface area contributed by atoms with Gasteiger partial charge in [0.1, 0.15) is 5.82 Å². The standard InChI is InChI=1S/C21H19FN2O4/c1-14-6-8-15(9-7-14)24-19(25)13-27-21(26)11-10-20-23-12-18(28-20)16-4-2-3-5-17(16)22/h2-9,12H,10-11,13H2,1H3,(H,24,25). The van der Waals surface area contributed by atoms with E-state index >= 15 is 0 Å². The Morgan fingerprint density at radius 3 is 2.64 bits per heavy atom. The van der Waals surface area contributed by atoms with Crippen LogP contribution in [0.3, 0.4) is 0 Å². The van der Waals surface area contributed by atoms with Crippen LogP contribution in [0.25, 0.3) is 11.3 Å². The molecule has 1 heterocycles. The Kier molecular flexibility index (Phi) is 6.16. The van der Waals surface area contributed by atoms with Gasteiger partial charge in [0.2, 0.25) is 0 Å². The van der Waals surface area contributed by atoms with E-state index in [-0.39, 0.29) is 19.4 Å². The van der Waals surface area contributed by atoms with Gasteiger partial charge in [0.25, 0.3) is 5.91 Å². The largest absolute Gasteiger partial charge is 0.456 e. The number of esters is 1. The third kappa shape index (κ3) is 5.26.